The first kappa shape index (κ1) is 5.82. The summed E-state index contributed by atoms with van der Waals surface area (Å²) in [7, 11) is 1.25. The van der Waals surface area contributed by atoms with Crippen LogP contribution in [0.4, 0.5) is 0 Å². The standard InChI is InChI=1S/C5H9NOS/c1-5-3-8(7)4-6(5)2/h1,3-4H2,2H3. The predicted octanol–water partition coefficient (Wildman–Crippen LogP) is 0.152. The maximum absolute atomic E-state index is 10.7. The SMILES string of the molecule is C=C1CS(=O)CN1C. The molecular weight excluding hydrogens is 122 g/mol. The van der Waals surface area contributed by atoms with Crippen LogP contribution in [0.15, 0.2) is 12.3 Å². The van der Waals surface area contributed by atoms with E-state index in [1.807, 2.05) is 11.9 Å². The molecule has 1 saturated heterocycles. The molecule has 3 heteroatoms. The van der Waals surface area contributed by atoms with Crippen LogP contribution in [0.2, 0.25) is 0 Å². The van der Waals surface area contributed by atoms with E-state index >= 15 is 0 Å². The highest BCUT2D eigenvalue weighted by Crippen LogP contribution is 2.09. The first-order chi connectivity index (χ1) is 3.70. The van der Waals surface area contributed by atoms with E-state index in [0.717, 1.165) is 5.70 Å². The van der Waals surface area contributed by atoms with Crippen LogP contribution in [0.5, 0.6) is 0 Å². The van der Waals surface area contributed by atoms with E-state index in [-0.39, 0.29) is 0 Å². The van der Waals surface area contributed by atoms with Gasteiger partial charge in [-0.2, -0.15) is 0 Å². The number of hydrogen-bond acceptors (Lipinski definition) is 2. The molecule has 1 rings (SSSR count). The molecule has 1 heterocycles. The highest BCUT2D eigenvalue weighted by Gasteiger charge is 2.16. The van der Waals surface area contributed by atoms with Gasteiger partial charge in [0.1, 0.15) is 0 Å². The van der Waals surface area contributed by atoms with Crippen molar-refractivity contribution in [1.82, 2.24) is 4.90 Å². The molecule has 0 aliphatic carbocycles. The Bertz CT molecular complexity index is 143. The van der Waals surface area contributed by atoms with Crippen LogP contribution in [0.3, 0.4) is 0 Å². The van der Waals surface area contributed by atoms with E-state index in [4.69, 9.17) is 0 Å². The van der Waals surface area contributed by atoms with E-state index < -0.39 is 10.8 Å². The summed E-state index contributed by atoms with van der Waals surface area (Å²) in [6.07, 6.45) is 0. The van der Waals surface area contributed by atoms with Gasteiger partial charge in [-0.3, -0.25) is 4.21 Å². The lowest BCUT2D eigenvalue weighted by Gasteiger charge is -2.06. The Morgan fingerprint density at radius 2 is 2.50 bits per heavy atom. The summed E-state index contributed by atoms with van der Waals surface area (Å²) in [6, 6.07) is 0. The third-order valence-corrected chi connectivity index (χ3v) is 2.54. The third-order valence-electron chi connectivity index (χ3n) is 1.21. The van der Waals surface area contributed by atoms with Gasteiger partial charge >= 0.3 is 0 Å². The molecule has 2 nitrogen and oxygen atoms in total. The maximum atomic E-state index is 10.7. The van der Waals surface area contributed by atoms with E-state index in [1.165, 1.54) is 0 Å². The Morgan fingerprint density at radius 1 is 1.88 bits per heavy atom. The smallest absolute Gasteiger partial charge is 0.0935 e. The normalized spacial score (nSPS) is 29.4. The zero-order valence-electron chi connectivity index (χ0n) is 4.89. The Kier molecular flexibility index (Phi) is 1.38. The van der Waals surface area contributed by atoms with Gasteiger partial charge in [0.25, 0.3) is 0 Å². The minimum Gasteiger partial charge on any atom is -0.366 e. The van der Waals surface area contributed by atoms with Crippen LogP contribution >= 0.6 is 0 Å². The average molecular weight is 131 g/mol. The summed E-state index contributed by atoms with van der Waals surface area (Å²) >= 11 is 0. The molecule has 1 atom stereocenters. The number of hydrogen-bond donors (Lipinski definition) is 0. The minimum absolute atomic E-state index is 0.657. The van der Waals surface area contributed by atoms with Gasteiger partial charge in [0.15, 0.2) is 0 Å². The molecular formula is C5H9NOS. The van der Waals surface area contributed by atoms with Gasteiger partial charge in [-0.15, -0.1) is 0 Å². The Labute approximate surface area is 51.6 Å². The molecule has 0 bridgehead atoms. The Balaban J connectivity index is 2.64. The number of rotatable bonds is 0. The van der Waals surface area contributed by atoms with Crippen LogP contribution in [-0.4, -0.2) is 27.8 Å². The first-order valence-electron chi connectivity index (χ1n) is 2.44. The van der Waals surface area contributed by atoms with Crippen LogP contribution in [0.25, 0.3) is 0 Å². The van der Waals surface area contributed by atoms with Crippen LogP contribution in [0.1, 0.15) is 0 Å². The van der Waals surface area contributed by atoms with Crippen LogP contribution in [0, 0.1) is 0 Å². The molecule has 46 valence electrons. The summed E-state index contributed by atoms with van der Waals surface area (Å²) in [4.78, 5) is 1.93. The lowest BCUT2D eigenvalue weighted by Crippen LogP contribution is -2.10. The molecule has 1 aliphatic heterocycles. The molecule has 0 N–H and O–H groups in total. The van der Waals surface area contributed by atoms with Crippen molar-refractivity contribution in [1.29, 1.82) is 0 Å². The summed E-state index contributed by atoms with van der Waals surface area (Å²) in [5, 5.41) is 0. The van der Waals surface area contributed by atoms with Gasteiger partial charge in [0.05, 0.1) is 11.6 Å². The van der Waals surface area contributed by atoms with Crippen molar-refractivity contribution >= 4 is 10.8 Å². The van der Waals surface area contributed by atoms with Crippen LogP contribution < -0.4 is 0 Å². The fourth-order valence-electron chi connectivity index (χ4n) is 0.649. The fourth-order valence-corrected chi connectivity index (χ4v) is 1.95. The minimum atomic E-state index is -0.657. The van der Waals surface area contributed by atoms with Crippen molar-refractivity contribution in [2.75, 3.05) is 18.7 Å². The van der Waals surface area contributed by atoms with Crippen molar-refractivity contribution < 1.29 is 4.21 Å². The fraction of sp³-hybridized carbons (Fsp3) is 0.600. The summed E-state index contributed by atoms with van der Waals surface area (Å²) in [6.45, 7) is 3.72. The van der Waals surface area contributed by atoms with Gasteiger partial charge in [0, 0.05) is 23.5 Å². The van der Waals surface area contributed by atoms with E-state index in [0.29, 0.717) is 11.6 Å². The van der Waals surface area contributed by atoms with E-state index in [9.17, 15) is 4.21 Å². The van der Waals surface area contributed by atoms with E-state index in [1.54, 1.807) is 0 Å². The maximum Gasteiger partial charge on any atom is 0.0935 e. The van der Waals surface area contributed by atoms with E-state index in [2.05, 4.69) is 6.58 Å². The molecule has 0 saturated carbocycles. The number of nitrogens with zero attached hydrogens (tertiary/aromatic N) is 1. The van der Waals surface area contributed by atoms with Gasteiger partial charge in [-0.1, -0.05) is 6.58 Å². The first-order valence-corrected chi connectivity index (χ1v) is 3.93. The topological polar surface area (TPSA) is 20.3 Å². The molecule has 1 fully saturated rings. The zero-order valence-corrected chi connectivity index (χ0v) is 5.70. The highest BCUT2D eigenvalue weighted by atomic mass is 32.2. The summed E-state index contributed by atoms with van der Waals surface area (Å²) < 4.78 is 10.7. The highest BCUT2D eigenvalue weighted by molar-refractivity contribution is 7.85. The Morgan fingerprint density at radius 3 is 2.62 bits per heavy atom. The summed E-state index contributed by atoms with van der Waals surface area (Å²) in [5.74, 6) is 1.33. The molecule has 0 radical (unpaired) electrons. The van der Waals surface area contributed by atoms with Gasteiger partial charge < -0.3 is 4.90 Å². The second kappa shape index (κ2) is 1.90. The third kappa shape index (κ3) is 0.916. The average Bonchev–Trinajstić information content (AvgIpc) is 1.85. The quantitative estimate of drug-likeness (QED) is 0.466. The Hall–Kier alpha value is -0.310. The summed E-state index contributed by atoms with van der Waals surface area (Å²) in [5.41, 5.74) is 0.989. The molecule has 1 aliphatic rings. The molecule has 8 heavy (non-hydrogen) atoms. The second-order valence-electron chi connectivity index (χ2n) is 1.98. The van der Waals surface area contributed by atoms with Gasteiger partial charge in [0.2, 0.25) is 0 Å². The van der Waals surface area contributed by atoms with Crippen molar-refractivity contribution in [3.05, 3.63) is 12.3 Å². The second-order valence-corrected chi connectivity index (χ2v) is 3.40. The lowest BCUT2D eigenvalue weighted by atomic mass is 10.5. The lowest BCUT2D eigenvalue weighted by molar-refractivity contribution is 0.512. The molecule has 0 spiro atoms. The molecule has 0 aromatic rings. The molecule has 0 aromatic heterocycles. The van der Waals surface area contributed by atoms with Crippen molar-refractivity contribution in [2.45, 2.75) is 0 Å². The monoisotopic (exact) mass is 131 g/mol. The molecule has 0 aromatic carbocycles. The van der Waals surface area contributed by atoms with Gasteiger partial charge in [-0.25, -0.2) is 0 Å². The predicted molar refractivity (Wildman–Crippen MR) is 34.8 cm³/mol. The van der Waals surface area contributed by atoms with Crippen LogP contribution in [-0.2, 0) is 10.8 Å². The molecule has 0 amide bonds. The van der Waals surface area contributed by atoms with Gasteiger partial charge in [-0.05, 0) is 0 Å². The van der Waals surface area contributed by atoms with Crippen molar-refractivity contribution in [2.24, 2.45) is 0 Å². The zero-order chi connectivity index (χ0) is 6.15. The molecule has 1 unspecified atom stereocenters. The van der Waals surface area contributed by atoms with Crippen molar-refractivity contribution in [3.63, 3.8) is 0 Å². The van der Waals surface area contributed by atoms with Crippen molar-refractivity contribution in [3.8, 4) is 0 Å². The largest absolute Gasteiger partial charge is 0.366 e.